The molecule has 1 heterocycles. The Balaban J connectivity index is 1.79. The van der Waals surface area contributed by atoms with Gasteiger partial charge < -0.3 is 14.0 Å². The molecule has 27 heavy (non-hydrogen) atoms. The van der Waals surface area contributed by atoms with Gasteiger partial charge in [-0.1, -0.05) is 35.6 Å². The number of hydrogen-bond acceptors (Lipinski definition) is 4. The van der Waals surface area contributed by atoms with E-state index in [9.17, 15) is 4.79 Å². The number of aromatic nitrogens is 1. The van der Waals surface area contributed by atoms with Gasteiger partial charge in [0.1, 0.15) is 11.5 Å². The van der Waals surface area contributed by atoms with Gasteiger partial charge in [0.25, 0.3) is 5.91 Å². The summed E-state index contributed by atoms with van der Waals surface area (Å²) >= 11 is 1.47. The molecule has 0 fully saturated rings. The highest BCUT2D eigenvalue weighted by Crippen LogP contribution is 2.23. The second kappa shape index (κ2) is 9.19. The Morgan fingerprint density at radius 1 is 1.19 bits per heavy atom. The zero-order valence-electron chi connectivity index (χ0n) is 15.3. The zero-order chi connectivity index (χ0) is 19.1. The van der Waals surface area contributed by atoms with Crippen LogP contribution < -0.4 is 14.3 Å². The number of fused-ring (bicyclic) bond motifs is 1. The van der Waals surface area contributed by atoms with Crippen LogP contribution in [0.25, 0.3) is 10.2 Å². The fourth-order valence-electron chi connectivity index (χ4n) is 2.64. The van der Waals surface area contributed by atoms with Crippen molar-refractivity contribution < 1.29 is 14.3 Å². The molecule has 0 aliphatic carbocycles. The lowest BCUT2D eigenvalue weighted by molar-refractivity contribution is -0.118. The maximum absolute atomic E-state index is 12.3. The van der Waals surface area contributed by atoms with Crippen LogP contribution in [0.4, 0.5) is 0 Å². The number of carbonyl (C=O) groups is 1. The molecule has 0 radical (unpaired) electrons. The fraction of sp³-hybridized carbons (Fsp3) is 0.238. The fourth-order valence-corrected chi connectivity index (χ4v) is 3.72. The van der Waals surface area contributed by atoms with E-state index in [0.29, 0.717) is 24.6 Å². The lowest BCUT2D eigenvalue weighted by Crippen LogP contribution is -2.17. The molecule has 2 aromatic carbocycles. The van der Waals surface area contributed by atoms with Crippen molar-refractivity contribution in [1.29, 1.82) is 0 Å². The van der Waals surface area contributed by atoms with E-state index in [0.717, 1.165) is 21.7 Å². The molecular weight excluding hydrogens is 360 g/mol. The van der Waals surface area contributed by atoms with E-state index in [1.54, 1.807) is 6.08 Å². The molecule has 1 amide bonds. The van der Waals surface area contributed by atoms with E-state index in [2.05, 4.69) is 11.6 Å². The number of ether oxygens (including phenoxy) is 2. The summed E-state index contributed by atoms with van der Waals surface area (Å²) < 4.78 is 14.1. The van der Waals surface area contributed by atoms with Crippen LogP contribution in [0, 0.1) is 0 Å². The molecular formula is C21H22N2O3S. The summed E-state index contributed by atoms with van der Waals surface area (Å²) in [5.41, 5.74) is 1.01. The van der Waals surface area contributed by atoms with Crippen LogP contribution in [0.2, 0.25) is 0 Å². The van der Waals surface area contributed by atoms with Crippen LogP contribution in [-0.2, 0) is 11.3 Å². The first-order valence-corrected chi connectivity index (χ1v) is 9.65. The Morgan fingerprint density at radius 3 is 2.74 bits per heavy atom. The molecule has 3 rings (SSSR count). The van der Waals surface area contributed by atoms with E-state index in [1.807, 2.05) is 60.0 Å². The Kier molecular flexibility index (Phi) is 6.44. The largest absolute Gasteiger partial charge is 0.494 e. The standard InChI is InChI=1S/C21H22N2O3S/c1-3-13-23-18-11-10-17(25-4-2)15-19(18)27-21(23)22-20(24)12-14-26-16-8-6-5-7-9-16/h3,5-11,15H,1,4,12-14H2,2H3. The minimum atomic E-state index is -0.208. The van der Waals surface area contributed by atoms with Gasteiger partial charge in [0.15, 0.2) is 4.80 Å². The Bertz CT molecular complexity index is 990. The van der Waals surface area contributed by atoms with Gasteiger partial charge in [-0.2, -0.15) is 4.99 Å². The van der Waals surface area contributed by atoms with Crippen molar-refractivity contribution >= 4 is 27.5 Å². The summed E-state index contributed by atoms with van der Waals surface area (Å²) in [6.45, 7) is 7.25. The molecule has 0 aliphatic rings. The number of nitrogens with zero attached hydrogens (tertiary/aromatic N) is 2. The molecule has 0 aliphatic heterocycles. The first-order chi connectivity index (χ1) is 13.2. The molecule has 0 N–H and O–H groups in total. The highest BCUT2D eigenvalue weighted by atomic mass is 32.1. The van der Waals surface area contributed by atoms with Crippen molar-refractivity contribution in [3.05, 3.63) is 66.0 Å². The molecule has 0 unspecified atom stereocenters. The SMILES string of the molecule is C=CCn1c(=NC(=O)CCOc2ccccc2)sc2cc(OCC)ccc21. The molecule has 0 spiro atoms. The monoisotopic (exact) mass is 382 g/mol. The van der Waals surface area contributed by atoms with Gasteiger partial charge in [0, 0.05) is 6.54 Å². The normalized spacial score (nSPS) is 11.5. The van der Waals surface area contributed by atoms with Crippen molar-refractivity contribution in [2.24, 2.45) is 4.99 Å². The third-order valence-electron chi connectivity index (χ3n) is 3.83. The van der Waals surface area contributed by atoms with E-state index in [1.165, 1.54) is 11.3 Å². The highest BCUT2D eigenvalue weighted by molar-refractivity contribution is 7.16. The third kappa shape index (κ3) is 4.86. The number of amides is 1. The van der Waals surface area contributed by atoms with Gasteiger partial charge in [-0.3, -0.25) is 4.79 Å². The number of allylic oxidation sites excluding steroid dienone is 1. The summed E-state index contributed by atoms with van der Waals surface area (Å²) in [5.74, 6) is 1.35. The van der Waals surface area contributed by atoms with Gasteiger partial charge in [0.2, 0.25) is 0 Å². The van der Waals surface area contributed by atoms with Crippen molar-refractivity contribution in [3.8, 4) is 11.5 Å². The second-order valence-electron chi connectivity index (χ2n) is 5.76. The molecule has 1 aromatic heterocycles. The van der Waals surface area contributed by atoms with E-state index >= 15 is 0 Å². The zero-order valence-corrected chi connectivity index (χ0v) is 16.1. The third-order valence-corrected chi connectivity index (χ3v) is 4.87. The predicted molar refractivity (Wildman–Crippen MR) is 108 cm³/mol. The number of hydrogen-bond donors (Lipinski definition) is 0. The average molecular weight is 382 g/mol. The number of thiazole rings is 1. The lowest BCUT2D eigenvalue weighted by atomic mass is 10.3. The average Bonchev–Trinajstić information content (AvgIpc) is 3.00. The van der Waals surface area contributed by atoms with Crippen LogP contribution in [-0.4, -0.2) is 23.7 Å². The van der Waals surface area contributed by atoms with Gasteiger partial charge >= 0.3 is 0 Å². The van der Waals surface area contributed by atoms with Crippen LogP contribution in [0.15, 0.2) is 66.2 Å². The summed E-state index contributed by atoms with van der Waals surface area (Å²) in [4.78, 5) is 17.3. The van der Waals surface area contributed by atoms with Gasteiger partial charge in [0.05, 0.1) is 29.9 Å². The predicted octanol–water partition coefficient (Wildman–Crippen LogP) is 4.18. The Labute approximate surface area is 162 Å². The number of rotatable bonds is 8. The van der Waals surface area contributed by atoms with Gasteiger partial charge in [-0.05, 0) is 37.3 Å². The maximum atomic E-state index is 12.3. The summed E-state index contributed by atoms with van der Waals surface area (Å²) in [7, 11) is 0. The number of para-hydroxylation sites is 1. The van der Waals surface area contributed by atoms with Crippen molar-refractivity contribution in [2.45, 2.75) is 19.9 Å². The van der Waals surface area contributed by atoms with Crippen molar-refractivity contribution in [2.75, 3.05) is 13.2 Å². The molecule has 0 saturated carbocycles. The van der Waals surface area contributed by atoms with Crippen LogP contribution in [0.3, 0.4) is 0 Å². The van der Waals surface area contributed by atoms with Crippen LogP contribution >= 0.6 is 11.3 Å². The second-order valence-corrected chi connectivity index (χ2v) is 6.77. The molecule has 140 valence electrons. The number of carbonyl (C=O) groups excluding carboxylic acids is 1. The minimum Gasteiger partial charge on any atom is -0.494 e. The first kappa shape index (κ1) is 18.9. The van der Waals surface area contributed by atoms with E-state index in [4.69, 9.17) is 9.47 Å². The lowest BCUT2D eigenvalue weighted by Gasteiger charge is -2.04. The van der Waals surface area contributed by atoms with Crippen LogP contribution in [0.1, 0.15) is 13.3 Å². The summed E-state index contributed by atoms with van der Waals surface area (Å²) in [5, 5.41) is 0. The van der Waals surface area contributed by atoms with Crippen molar-refractivity contribution in [1.82, 2.24) is 4.57 Å². The van der Waals surface area contributed by atoms with Crippen molar-refractivity contribution in [3.63, 3.8) is 0 Å². The molecule has 0 saturated heterocycles. The van der Waals surface area contributed by atoms with E-state index in [-0.39, 0.29) is 12.3 Å². The summed E-state index contributed by atoms with van der Waals surface area (Å²) in [6, 6.07) is 15.3. The maximum Gasteiger partial charge on any atom is 0.251 e. The molecule has 3 aromatic rings. The summed E-state index contributed by atoms with van der Waals surface area (Å²) in [6.07, 6.45) is 2.02. The van der Waals surface area contributed by atoms with Gasteiger partial charge in [-0.15, -0.1) is 6.58 Å². The molecule has 0 atom stereocenters. The quantitative estimate of drug-likeness (QED) is 0.549. The van der Waals surface area contributed by atoms with E-state index < -0.39 is 0 Å². The van der Waals surface area contributed by atoms with Gasteiger partial charge in [-0.25, -0.2) is 0 Å². The first-order valence-electron chi connectivity index (χ1n) is 8.83. The minimum absolute atomic E-state index is 0.208. The molecule has 0 bridgehead atoms. The Hall–Kier alpha value is -2.86. The Morgan fingerprint density at radius 2 is 2.00 bits per heavy atom. The topological polar surface area (TPSA) is 52.8 Å². The smallest absolute Gasteiger partial charge is 0.251 e. The molecule has 6 heteroatoms. The molecule has 5 nitrogen and oxygen atoms in total. The van der Waals surface area contributed by atoms with Crippen LogP contribution in [0.5, 0.6) is 11.5 Å². The highest BCUT2D eigenvalue weighted by Gasteiger charge is 2.09. The number of benzene rings is 2.